The number of rotatable bonds is 11. The summed E-state index contributed by atoms with van der Waals surface area (Å²) < 4.78 is 0. The molecule has 1 aliphatic rings. The molecule has 6 nitrogen and oxygen atoms in total. The van der Waals surface area contributed by atoms with Crippen LogP contribution in [-0.4, -0.2) is 34.3 Å². The monoisotopic (exact) mass is 354 g/mol. The van der Waals surface area contributed by atoms with Crippen molar-refractivity contribution in [2.45, 2.75) is 96.1 Å². The molecule has 0 aromatic heterocycles. The Morgan fingerprint density at radius 2 is 1.72 bits per heavy atom. The number of hydrogen-bond acceptors (Lipinski definition) is 4. The van der Waals surface area contributed by atoms with E-state index in [1.54, 1.807) is 0 Å². The van der Waals surface area contributed by atoms with E-state index in [2.05, 4.69) is 5.32 Å². The predicted octanol–water partition coefficient (Wildman–Crippen LogP) is 2.78. The van der Waals surface area contributed by atoms with Gasteiger partial charge in [-0.25, -0.2) is 4.79 Å². The van der Waals surface area contributed by atoms with E-state index in [1.807, 2.05) is 13.8 Å². The molecule has 0 bridgehead atoms. The van der Waals surface area contributed by atoms with Crippen LogP contribution in [0.3, 0.4) is 0 Å². The van der Waals surface area contributed by atoms with Crippen molar-refractivity contribution in [1.82, 2.24) is 5.32 Å². The second-order valence-corrected chi connectivity index (χ2v) is 7.25. The minimum Gasteiger partial charge on any atom is -0.479 e. The zero-order valence-corrected chi connectivity index (χ0v) is 15.7. The zero-order valence-electron chi connectivity index (χ0n) is 15.7. The molecule has 144 valence electrons. The summed E-state index contributed by atoms with van der Waals surface area (Å²) in [5.41, 5.74) is 4.18. The molecule has 6 heteroatoms. The zero-order chi connectivity index (χ0) is 18.9. The average molecular weight is 354 g/mol. The van der Waals surface area contributed by atoms with Gasteiger partial charge in [0, 0.05) is 12.8 Å². The minimum absolute atomic E-state index is 0.0641. The van der Waals surface area contributed by atoms with E-state index < -0.39 is 23.3 Å². The number of carboxylic acids is 1. The molecule has 0 radical (unpaired) electrons. The van der Waals surface area contributed by atoms with E-state index in [0.717, 1.165) is 44.9 Å². The number of ketones is 1. The van der Waals surface area contributed by atoms with Gasteiger partial charge in [0.1, 0.15) is 0 Å². The largest absolute Gasteiger partial charge is 0.479 e. The highest BCUT2D eigenvalue weighted by molar-refractivity contribution is 6.09. The number of nitrogens with two attached hydrogens (primary N) is 1. The van der Waals surface area contributed by atoms with E-state index in [1.165, 1.54) is 0 Å². The fraction of sp³-hybridized carbons (Fsp3) is 0.842. The van der Waals surface area contributed by atoms with Gasteiger partial charge in [-0.1, -0.05) is 46.0 Å². The molecule has 0 aromatic carbocycles. The fourth-order valence-electron chi connectivity index (χ4n) is 3.71. The van der Waals surface area contributed by atoms with Crippen molar-refractivity contribution in [2.75, 3.05) is 0 Å². The predicted molar refractivity (Wildman–Crippen MR) is 97.1 cm³/mol. The normalized spacial score (nSPS) is 19.0. The molecule has 0 spiro atoms. The van der Waals surface area contributed by atoms with Gasteiger partial charge in [-0.2, -0.15) is 0 Å². The summed E-state index contributed by atoms with van der Waals surface area (Å²) in [6, 6.07) is -0.835. The van der Waals surface area contributed by atoms with Crippen LogP contribution in [0.2, 0.25) is 0 Å². The van der Waals surface area contributed by atoms with Gasteiger partial charge in [-0.05, 0) is 31.6 Å². The molecule has 1 saturated carbocycles. The lowest BCUT2D eigenvalue weighted by atomic mass is 9.72. The third-order valence-corrected chi connectivity index (χ3v) is 5.23. The van der Waals surface area contributed by atoms with Gasteiger partial charge in [0.15, 0.2) is 11.3 Å². The summed E-state index contributed by atoms with van der Waals surface area (Å²) in [6.07, 6.45) is 8.19. The second kappa shape index (κ2) is 10.5. The van der Waals surface area contributed by atoms with E-state index in [9.17, 15) is 19.5 Å². The van der Waals surface area contributed by atoms with Gasteiger partial charge in [0.05, 0.1) is 6.04 Å². The maximum Gasteiger partial charge on any atom is 0.333 e. The quantitative estimate of drug-likeness (QED) is 0.390. The van der Waals surface area contributed by atoms with E-state index in [-0.39, 0.29) is 18.2 Å². The van der Waals surface area contributed by atoms with Gasteiger partial charge in [0.2, 0.25) is 5.91 Å². The molecule has 25 heavy (non-hydrogen) atoms. The molecule has 0 saturated heterocycles. The number of carbonyl (C=O) groups excluding carboxylic acids is 2. The summed E-state index contributed by atoms with van der Waals surface area (Å²) in [4.78, 5) is 36.9. The Morgan fingerprint density at radius 1 is 1.08 bits per heavy atom. The topological polar surface area (TPSA) is 109 Å². The lowest BCUT2D eigenvalue weighted by Crippen LogP contribution is -2.70. The van der Waals surface area contributed by atoms with Crippen LogP contribution < -0.4 is 11.1 Å². The number of hydrogen-bond donors (Lipinski definition) is 3. The Labute approximate surface area is 150 Å². The van der Waals surface area contributed by atoms with Crippen molar-refractivity contribution in [3.63, 3.8) is 0 Å². The third kappa shape index (κ3) is 5.80. The van der Waals surface area contributed by atoms with Crippen molar-refractivity contribution in [2.24, 2.45) is 11.7 Å². The molecule has 1 aliphatic carbocycles. The molecule has 0 aliphatic heterocycles. The molecule has 2 unspecified atom stereocenters. The van der Waals surface area contributed by atoms with Crippen molar-refractivity contribution in [3.05, 3.63) is 0 Å². The van der Waals surface area contributed by atoms with Gasteiger partial charge in [0.25, 0.3) is 0 Å². The second-order valence-electron chi connectivity index (χ2n) is 7.25. The molecule has 1 fully saturated rings. The molecule has 1 amide bonds. The van der Waals surface area contributed by atoms with Crippen LogP contribution in [-0.2, 0) is 14.4 Å². The first-order valence-electron chi connectivity index (χ1n) is 9.72. The molecule has 2 atom stereocenters. The van der Waals surface area contributed by atoms with Crippen LogP contribution in [0, 0.1) is 5.92 Å². The van der Waals surface area contributed by atoms with Crippen molar-refractivity contribution < 1.29 is 19.5 Å². The Balaban J connectivity index is 3.07. The maximum atomic E-state index is 12.7. The number of Topliss-reactive ketones (excluding diaryl/α,β-unsaturated/α-hetero) is 1. The first kappa shape index (κ1) is 21.6. The van der Waals surface area contributed by atoms with E-state index in [4.69, 9.17) is 5.73 Å². The Bertz CT molecular complexity index is 460. The smallest absolute Gasteiger partial charge is 0.333 e. The van der Waals surface area contributed by atoms with E-state index >= 15 is 0 Å². The standard InChI is InChI=1S/C19H34N2O4/c1-3-5-7-13-15(22)19(20,18(24)25)17(21-16(23)10-4-2)14-11-8-6-9-12-14/h14,17H,3-13,20H2,1-2H3,(H,21,23)(H,24,25). The van der Waals surface area contributed by atoms with Crippen molar-refractivity contribution in [3.8, 4) is 0 Å². The first-order chi connectivity index (χ1) is 11.9. The number of amides is 1. The van der Waals surface area contributed by atoms with Crippen molar-refractivity contribution in [1.29, 1.82) is 0 Å². The highest BCUT2D eigenvalue weighted by Crippen LogP contribution is 2.32. The third-order valence-electron chi connectivity index (χ3n) is 5.23. The van der Waals surface area contributed by atoms with Crippen LogP contribution in [0.5, 0.6) is 0 Å². The van der Waals surface area contributed by atoms with Crippen LogP contribution in [0.15, 0.2) is 0 Å². The molecular formula is C19H34N2O4. The number of aliphatic carboxylic acids is 1. The lowest BCUT2D eigenvalue weighted by molar-refractivity contribution is -0.151. The Hall–Kier alpha value is -1.43. The molecule has 4 N–H and O–H groups in total. The SMILES string of the molecule is CCCCCC(=O)C(N)(C(=O)O)C(NC(=O)CCC)C1CCCCC1. The molecule has 1 rings (SSSR count). The van der Waals surface area contributed by atoms with Gasteiger partial charge in [-0.15, -0.1) is 0 Å². The summed E-state index contributed by atoms with van der Waals surface area (Å²) in [5, 5.41) is 12.6. The van der Waals surface area contributed by atoms with E-state index in [0.29, 0.717) is 19.3 Å². The number of nitrogens with one attached hydrogen (secondary N) is 1. The molecule has 0 aromatic rings. The first-order valence-corrected chi connectivity index (χ1v) is 9.72. The number of unbranched alkanes of at least 4 members (excludes halogenated alkanes) is 2. The maximum absolute atomic E-state index is 12.7. The molecular weight excluding hydrogens is 320 g/mol. The van der Waals surface area contributed by atoms with Crippen LogP contribution >= 0.6 is 0 Å². The average Bonchev–Trinajstić information content (AvgIpc) is 2.60. The van der Waals surface area contributed by atoms with Crippen molar-refractivity contribution >= 4 is 17.7 Å². The van der Waals surface area contributed by atoms with Gasteiger partial charge >= 0.3 is 5.97 Å². The number of carbonyl (C=O) groups is 3. The fourth-order valence-corrected chi connectivity index (χ4v) is 3.71. The minimum atomic E-state index is -2.04. The Morgan fingerprint density at radius 3 is 2.24 bits per heavy atom. The van der Waals surface area contributed by atoms with Crippen LogP contribution in [0.4, 0.5) is 0 Å². The summed E-state index contributed by atoms with van der Waals surface area (Å²) >= 11 is 0. The van der Waals surface area contributed by atoms with Gasteiger partial charge in [-0.3, -0.25) is 9.59 Å². The highest BCUT2D eigenvalue weighted by atomic mass is 16.4. The summed E-state index contributed by atoms with van der Waals surface area (Å²) in [6.45, 7) is 3.91. The van der Waals surface area contributed by atoms with Crippen LogP contribution in [0.1, 0.15) is 84.5 Å². The van der Waals surface area contributed by atoms with Gasteiger partial charge < -0.3 is 16.2 Å². The molecule has 0 heterocycles. The number of carboxylic acid groups (broad SMARTS) is 1. The summed E-state index contributed by atoms with van der Waals surface area (Å²) in [7, 11) is 0. The lowest BCUT2D eigenvalue weighted by Gasteiger charge is -2.40. The summed E-state index contributed by atoms with van der Waals surface area (Å²) in [5.74, 6) is -2.09. The van der Waals surface area contributed by atoms with Crippen LogP contribution in [0.25, 0.3) is 0 Å². The Kier molecular flexibility index (Phi) is 9.11. The highest BCUT2D eigenvalue weighted by Gasteiger charge is 2.52.